The highest BCUT2D eigenvalue weighted by atomic mass is 32.2. The summed E-state index contributed by atoms with van der Waals surface area (Å²) in [5.74, 6) is 0.965. The minimum Gasteiger partial charge on any atom is -0.395 e. The average molecular weight is 247 g/mol. The Kier molecular flexibility index (Phi) is 6.16. The van der Waals surface area contributed by atoms with E-state index in [1.54, 1.807) is 23.1 Å². The molecule has 1 atom stereocenters. The van der Waals surface area contributed by atoms with Crippen molar-refractivity contribution in [1.82, 2.24) is 15.5 Å². The van der Waals surface area contributed by atoms with E-state index in [0.717, 1.165) is 28.1 Å². The van der Waals surface area contributed by atoms with Gasteiger partial charge in [-0.15, -0.1) is 10.2 Å². The zero-order valence-electron chi connectivity index (χ0n) is 9.06. The summed E-state index contributed by atoms with van der Waals surface area (Å²) in [5.41, 5.74) is 0. The average Bonchev–Trinajstić information content (AvgIpc) is 2.63. The van der Waals surface area contributed by atoms with E-state index in [1.807, 2.05) is 13.8 Å². The fraction of sp³-hybridized carbons (Fsp3) is 0.778. The Balaban J connectivity index is 2.20. The number of aryl methyl sites for hydroxylation is 1. The molecule has 1 aromatic heterocycles. The van der Waals surface area contributed by atoms with E-state index < -0.39 is 0 Å². The van der Waals surface area contributed by atoms with Gasteiger partial charge in [-0.3, -0.25) is 0 Å². The van der Waals surface area contributed by atoms with Gasteiger partial charge in [0.15, 0.2) is 4.34 Å². The van der Waals surface area contributed by atoms with E-state index in [2.05, 4.69) is 15.5 Å². The standard InChI is InChI=1S/C9H17N3OS2/c1-3-10-8(6-13)4-5-14-9-12-11-7(2)15-9/h8,10,13H,3-6H2,1-2H3. The molecule has 0 saturated heterocycles. The van der Waals surface area contributed by atoms with Crippen LogP contribution in [0.5, 0.6) is 0 Å². The number of likely N-dealkylation sites (N-methyl/N-ethyl adjacent to an activating group) is 1. The van der Waals surface area contributed by atoms with Crippen LogP contribution in [0.15, 0.2) is 4.34 Å². The molecule has 0 radical (unpaired) electrons. The Morgan fingerprint density at radius 1 is 1.53 bits per heavy atom. The molecule has 0 spiro atoms. The first-order chi connectivity index (χ1) is 7.26. The summed E-state index contributed by atoms with van der Waals surface area (Å²) in [6, 6.07) is 0.205. The van der Waals surface area contributed by atoms with Gasteiger partial charge in [0.1, 0.15) is 5.01 Å². The Hall–Kier alpha value is -0.170. The van der Waals surface area contributed by atoms with Gasteiger partial charge in [-0.25, -0.2) is 0 Å². The molecule has 0 saturated carbocycles. The monoisotopic (exact) mass is 247 g/mol. The molecule has 0 bridgehead atoms. The van der Waals surface area contributed by atoms with Gasteiger partial charge in [0.05, 0.1) is 6.61 Å². The number of thioether (sulfide) groups is 1. The van der Waals surface area contributed by atoms with Crippen LogP contribution in [0.2, 0.25) is 0 Å². The van der Waals surface area contributed by atoms with Crippen molar-refractivity contribution in [1.29, 1.82) is 0 Å². The first kappa shape index (κ1) is 12.9. The number of aliphatic hydroxyl groups is 1. The Morgan fingerprint density at radius 2 is 2.33 bits per heavy atom. The molecule has 0 aliphatic rings. The molecule has 1 heterocycles. The van der Waals surface area contributed by atoms with Crippen LogP contribution in [0.1, 0.15) is 18.4 Å². The summed E-state index contributed by atoms with van der Waals surface area (Å²) in [5, 5.41) is 21.3. The predicted octanol–water partition coefficient (Wildman–Crippen LogP) is 1.30. The number of nitrogens with one attached hydrogen (secondary N) is 1. The van der Waals surface area contributed by atoms with Crippen LogP contribution in [-0.2, 0) is 0 Å². The molecule has 1 rings (SSSR count). The second kappa shape index (κ2) is 7.16. The second-order valence-corrected chi connectivity index (χ2v) is 5.68. The lowest BCUT2D eigenvalue weighted by molar-refractivity contribution is 0.242. The highest BCUT2D eigenvalue weighted by Gasteiger charge is 2.06. The maximum Gasteiger partial charge on any atom is 0.174 e. The number of aliphatic hydroxyl groups excluding tert-OH is 1. The number of aromatic nitrogens is 2. The van der Waals surface area contributed by atoms with Gasteiger partial charge in [0.2, 0.25) is 0 Å². The van der Waals surface area contributed by atoms with Crippen molar-refractivity contribution in [3.8, 4) is 0 Å². The van der Waals surface area contributed by atoms with Crippen LogP contribution < -0.4 is 5.32 Å². The van der Waals surface area contributed by atoms with Crippen molar-refractivity contribution in [3.05, 3.63) is 5.01 Å². The van der Waals surface area contributed by atoms with Crippen molar-refractivity contribution in [2.75, 3.05) is 18.9 Å². The summed E-state index contributed by atoms with van der Waals surface area (Å²) in [7, 11) is 0. The Morgan fingerprint density at radius 3 is 2.87 bits per heavy atom. The number of nitrogens with zero attached hydrogens (tertiary/aromatic N) is 2. The molecule has 2 N–H and O–H groups in total. The molecule has 1 unspecified atom stereocenters. The summed E-state index contributed by atoms with van der Waals surface area (Å²) in [4.78, 5) is 0. The molecule has 0 amide bonds. The highest BCUT2D eigenvalue weighted by molar-refractivity contribution is 8.01. The van der Waals surface area contributed by atoms with Gasteiger partial charge in [0.25, 0.3) is 0 Å². The van der Waals surface area contributed by atoms with E-state index >= 15 is 0 Å². The van der Waals surface area contributed by atoms with Crippen LogP contribution in [0.3, 0.4) is 0 Å². The van der Waals surface area contributed by atoms with Crippen molar-refractivity contribution in [2.24, 2.45) is 0 Å². The van der Waals surface area contributed by atoms with E-state index in [9.17, 15) is 0 Å². The summed E-state index contributed by atoms with van der Waals surface area (Å²) >= 11 is 3.32. The van der Waals surface area contributed by atoms with Crippen molar-refractivity contribution < 1.29 is 5.11 Å². The summed E-state index contributed by atoms with van der Waals surface area (Å²) in [6.07, 6.45) is 0.952. The van der Waals surface area contributed by atoms with Gasteiger partial charge in [-0.05, 0) is 19.9 Å². The highest BCUT2D eigenvalue weighted by Crippen LogP contribution is 2.22. The molecular weight excluding hydrogens is 230 g/mol. The zero-order valence-corrected chi connectivity index (χ0v) is 10.7. The van der Waals surface area contributed by atoms with Crippen LogP contribution >= 0.6 is 23.1 Å². The molecule has 15 heavy (non-hydrogen) atoms. The van der Waals surface area contributed by atoms with Gasteiger partial charge in [-0.1, -0.05) is 30.0 Å². The molecule has 0 aromatic carbocycles. The second-order valence-electron chi connectivity index (χ2n) is 3.16. The predicted molar refractivity (Wildman–Crippen MR) is 64.5 cm³/mol. The summed E-state index contributed by atoms with van der Waals surface area (Å²) in [6.45, 7) is 5.10. The lowest BCUT2D eigenvalue weighted by Crippen LogP contribution is -2.32. The Bertz CT molecular complexity index is 280. The van der Waals surface area contributed by atoms with Crippen molar-refractivity contribution in [2.45, 2.75) is 30.6 Å². The first-order valence-corrected chi connectivity index (χ1v) is 6.83. The minimum atomic E-state index is 0.198. The van der Waals surface area contributed by atoms with Crippen LogP contribution in [0.25, 0.3) is 0 Å². The third-order valence-electron chi connectivity index (χ3n) is 1.91. The van der Waals surface area contributed by atoms with E-state index in [4.69, 9.17) is 5.11 Å². The molecule has 4 nitrogen and oxygen atoms in total. The van der Waals surface area contributed by atoms with Crippen LogP contribution in [-0.4, -0.2) is 40.3 Å². The third-order valence-corrected chi connectivity index (χ3v) is 3.92. The molecule has 6 heteroatoms. The largest absolute Gasteiger partial charge is 0.395 e. The van der Waals surface area contributed by atoms with Crippen LogP contribution in [0, 0.1) is 6.92 Å². The molecular formula is C9H17N3OS2. The van der Waals surface area contributed by atoms with E-state index in [1.165, 1.54) is 0 Å². The van der Waals surface area contributed by atoms with Gasteiger partial charge >= 0.3 is 0 Å². The van der Waals surface area contributed by atoms with Crippen LogP contribution in [0.4, 0.5) is 0 Å². The topological polar surface area (TPSA) is 58.0 Å². The number of rotatable bonds is 7. The fourth-order valence-electron chi connectivity index (χ4n) is 1.17. The minimum absolute atomic E-state index is 0.198. The molecule has 0 fully saturated rings. The van der Waals surface area contributed by atoms with Crippen molar-refractivity contribution >= 4 is 23.1 Å². The Labute approximate surface area is 98.5 Å². The van der Waals surface area contributed by atoms with Gasteiger partial charge in [0, 0.05) is 11.8 Å². The molecule has 0 aliphatic heterocycles. The van der Waals surface area contributed by atoms with Gasteiger partial charge in [-0.2, -0.15) is 0 Å². The maximum atomic E-state index is 9.06. The van der Waals surface area contributed by atoms with Crippen molar-refractivity contribution in [3.63, 3.8) is 0 Å². The molecule has 1 aromatic rings. The van der Waals surface area contributed by atoms with Gasteiger partial charge < -0.3 is 10.4 Å². The SMILES string of the molecule is CCNC(CO)CCSc1nnc(C)s1. The zero-order chi connectivity index (χ0) is 11.1. The van der Waals surface area contributed by atoms with E-state index in [0.29, 0.717) is 0 Å². The summed E-state index contributed by atoms with van der Waals surface area (Å²) < 4.78 is 1.01. The molecule has 86 valence electrons. The quantitative estimate of drug-likeness (QED) is 0.711. The smallest absolute Gasteiger partial charge is 0.174 e. The van der Waals surface area contributed by atoms with E-state index in [-0.39, 0.29) is 12.6 Å². The maximum absolute atomic E-state index is 9.06. The normalized spacial score (nSPS) is 13.0. The first-order valence-electron chi connectivity index (χ1n) is 5.03. The lowest BCUT2D eigenvalue weighted by atomic mass is 10.2. The number of hydrogen-bond acceptors (Lipinski definition) is 6. The molecule has 0 aliphatic carbocycles. The fourth-order valence-corrected chi connectivity index (χ4v) is 3.11. The lowest BCUT2D eigenvalue weighted by Gasteiger charge is -2.13. The third kappa shape index (κ3) is 4.92. The number of hydrogen-bond donors (Lipinski definition) is 2.